The van der Waals surface area contributed by atoms with Crippen molar-refractivity contribution in [3.05, 3.63) is 29.8 Å². The summed E-state index contributed by atoms with van der Waals surface area (Å²) < 4.78 is 10.5. The molecule has 6 nitrogen and oxygen atoms in total. The molecule has 0 radical (unpaired) electrons. The Balaban J connectivity index is 0.00000625. The van der Waals surface area contributed by atoms with Gasteiger partial charge in [0, 0.05) is 20.2 Å². The first-order valence-corrected chi connectivity index (χ1v) is 9.09. The van der Waals surface area contributed by atoms with Gasteiger partial charge in [0.05, 0.1) is 26.3 Å². The van der Waals surface area contributed by atoms with Crippen LogP contribution < -0.4 is 15.4 Å². The van der Waals surface area contributed by atoms with Crippen molar-refractivity contribution >= 4 is 29.9 Å². The van der Waals surface area contributed by atoms with Crippen molar-refractivity contribution in [2.24, 2.45) is 4.99 Å². The molecular formula is C19H35IN4O2. The van der Waals surface area contributed by atoms with Gasteiger partial charge in [0.1, 0.15) is 5.75 Å². The number of nitrogens with one attached hydrogen (secondary N) is 2. The average Bonchev–Trinajstić information content (AvgIpc) is 2.65. The lowest BCUT2D eigenvalue weighted by Crippen LogP contribution is -2.40. The second-order valence-corrected chi connectivity index (χ2v) is 5.65. The topological polar surface area (TPSA) is 58.1 Å². The van der Waals surface area contributed by atoms with Crippen LogP contribution in [0.1, 0.15) is 32.4 Å². The molecule has 0 bridgehead atoms. The van der Waals surface area contributed by atoms with E-state index < -0.39 is 0 Å². The van der Waals surface area contributed by atoms with E-state index in [-0.39, 0.29) is 30.0 Å². The zero-order valence-corrected chi connectivity index (χ0v) is 19.1. The maximum atomic E-state index is 5.39. The number of halogens is 1. The molecule has 0 saturated carbocycles. The number of guanidine groups is 1. The van der Waals surface area contributed by atoms with Crippen molar-refractivity contribution < 1.29 is 9.47 Å². The van der Waals surface area contributed by atoms with E-state index in [1.165, 1.54) is 5.56 Å². The summed E-state index contributed by atoms with van der Waals surface area (Å²) >= 11 is 0. The number of likely N-dealkylation sites (N-methyl/N-ethyl adjacent to an activating group) is 1. The summed E-state index contributed by atoms with van der Waals surface area (Å²) in [4.78, 5) is 7.20. The molecule has 0 amide bonds. The summed E-state index contributed by atoms with van der Waals surface area (Å²) in [6.07, 6.45) is 0. The predicted octanol–water partition coefficient (Wildman–Crippen LogP) is 2.90. The summed E-state index contributed by atoms with van der Waals surface area (Å²) in [6, 6.07) is 8.47. The number of aliphatic imine (C=N–C) groups is 1. The fourth-order valence-corrected chi connectivity index (χ4v) is 2.74. The lowest BCUT2D eigenvalue weighted by atomic mass is 10.0. The molecule has 0 fully saturated rings. The molecule has 0 spiro atoms. The Bertz CT molecular complexity index is 510. The molecule has 0 saturated heterocycles. The summed E-state index contributed by atoms with van der Waals surface area (Å²) in [7, 11) is 3.40. The second-order valence-electron chi connectivity index (χ2n) is 5.65. The Morgan fingerprint density at radius 3 is 2.46 bits per heavy atom. The van der Waals surface area contributed by atoms with Gasteiger partial charge in [0.25, 0.3) is 0 Å². The van der Waals surface area contributed by atoms with Crippen LogP contribution in [0.5, 0.6) is 5.75 Å². The Hall–Kier alpha value is -1.06. The first-order chi connectivity index (χ1) is 12.2. The van der Waals surface area contributed by atoms with Crippen molar-refractivity contribution in [3.63, 3.8) is 0 Å². The molecule has 1 unspecified atom stereocenters. The lowest BCUT2D eigenvalue weighted by molar-refractivity contribution is 0.203. The molecule has 0 aliphatic heterocycles. The average molecular weight is 478 g/mol. The molecule has 1 aromatic carbocycles. The molecular weight excluding hydrogens is 443 g/mol. The first-order valence-electron chi connectivity index (χ1n) is 9.09. The molecule has 7 heteroatoms. The number of nitrogens with zero attached hydrogens (tertiary/aromatic N) is 2. The van der Waals surface area contributed by atoms with Crippen molar-refractivity contribution in [1.82, 2.24) is 15.5 Å². The SMILES string of the molecule is CCNC(=NCC(c1cccc(OC)c1)N(CC)CC)NCCOC.I. The van der Waals surface area contributed by atoms with Gasteiger partial charge >= 0.3 is 0 Å². The predicted molar refractivity (Wildman–Crippen MR) is 120 cm³/mol. The zero-order valence-electron chi connectivity index (χ0n) is 16.7. The smallest absolute Gasteiger partial charge is 0.191 e. The third-order valence-corrected chi connectivity index (χ3v) is 4.10. The number of rotatable bonds is 11. The van der Waals surface area contributed by atoms with Crippen LogP contribution in [0.4, 0.5) is 0 Å². The minimum absolute atomic E-state index is 0. The Morgan fingerprint density at radius 1 is 1.15 bits per heavy atom. The van der Waals surface area contributed by atoms with Crippen LogP contribution in [0.15, 0.2) is 29.3 Å². The molecule has 150 valence electrons. The highest BCUT2D eigenvalue weighted by Gasteiger charge is 2.18. The molecule has 0 aliphatic rings. The zero-order chi connectivity index (χ0) is 18.5. The van der Waals surface area contributed by atoms with Crippen molar-refractivity contribution in [2.45, 2.75) is 26.8 Å². The number of benzene rings is 1. The molecule has 26 heavy (non-hydrogen) atoms. The van der Waals surface area contributed by atoms with Crippen LogP contribution in [-0.2, 0) is 4.74 Å². The van der Waals surface area contributed by atoms with Gasteiger partial charge in [-0.1, -0.05) is 26.0 Å². The van der Waals surface area contributed by atoms with Crippen LogP contribution in [0.3, 0.4) is 0 Å². The third kappa shape index (κ3) is 8.55. The Labute approximate surface area is 175 Å². The van der Waals surface area contributed by atoms with Gasteiger partial charge in [-0.3, -0.25) is 9.89 Å². The number of ether oxygens (including phenoxy) is 2. The van der Waals surface area contributed by atoms with E-state index in [0.717, 1.165) is 37.9 Å². The molecule has 1 aromatic rings. The fraction of sp³-hybridized carbons (Fsp3) is 0.632. The second kappa shape index (κ2) is 15.0. The van der Waals surface area contributed by atoms with Gasteiger partial charge in [-0.05, 0) is 37.7 Å². The van der Waals surface area contributed by atoms with Gasteiger partial charge in [0.2, 0.25) is 0 Å². The van der Waals surface area contributed by atoms with Gasteiger partial charge < -0.3 is 20.1 Å². The van der Waals surface area contributed by atoms with Crippen molar-refractivity contribution in [2.75, 3.05) is 53.6 Å². The molecule has 0 aromatic heterocycles. The quantitative estimate of drug-likeness (QED) is 0.222. The standard InChI is InChI=1S/C19H34N4O2.HI/c1-6-20-19(21-12-13-24-4)22-15-18(23(7-2)8-3)16-10-9-11-17(14-16)25-5;/h9-11,14,18H,6-8,12-13,15H2,1-5H3,(H2,20,21,22);1H. The molecule has 0 heterocycles. The van der Waals surface area contributed by atoms with Crippen LogP contribution in [0.25, 0.3) is 0 Å². The maximum absolute atomic E-state index is 5.39. The van der Waals surface area contributed by atoms with Crippen molar-refractivity contribution in [1.29, 1.82) is 0 Å². The van der Waals surface area contributed by atoms with Crippen molar-refractivity contribution in [3.8, 4) is 5.75 Å². The Kier molecular flexibility index (Phi) is 14.4. The molecule has 0 aliphatic carbocycles. The summed E-state index contributed by atoms with van der Waals surface area (Å²) in [6.45, 7) is 11.3. The highest BCUT2D eigenvalue weighted by atomic mass is 127. The molecule has 1 atom stereocenters. The highest BCUT2D eigenvalue weighted by Crippen LogP contribution is 2.24. The lowest BCUT2D eigenvalue weighted by Gasteiger charge is -2.29. The third-order valence-electron chi connectivity index (χ3n) is 4.10. The van der Waals surface area contributed by atoms with E-state index in [0.29, 0.717) is 13.2 Å². The van der Waals surface area contributed by atoms with Gasteiger partial charge in [-0.2, -0.15) is 0 Å². The van der Waals surface area contributed by atoms with Crippen LogP contribution in [0, 0.1) is 0 Å². The van der Waals surface area contributed by atoms with Crippen LogP contribution in [-0.4, -0.2) is 64.4 Å². The first kappa shape index (κ1) is 24.9. The monoisotopic (exact) mass is 478 g/mol. The number of methoxy groups -OCH3 is 2. The largest absolute Gasteiger partial charge is 0.497 e. The molecule has 1 rings (SSSR count). The fourth-order valence-electron chi connectivity index (χ4n) is 2.74. The summed E-state index contributed by atoms with van der Waals surface area (Å²) in [5.41, 5.74) is 1.22. The summed E-state index contributed by atoms with van der Waals surface area (Å²) in [5, 5.41) is 6.58. The number of hydrogen-bond donors (Lipinski definition) is 2. The van der Waals surface area contributed by atoms with Gasteiger partial charge in [-0.15, -0.1) is 24.0 Å². The Morgan fingerprint density at radius 2 is 1.88 bits per heavy atom. The van der Waals surface area contributed by atoms with Gasteiger partial charge in [0.15, 0.2) is 5.96 Å². The molecule has 2 N–H and O–H groups in total. The van der Waals surface area contributed by atoms with Crippen LogP contribution in [0.2, 0.25) is 0 Å². The minimum Gasteiger partial charge on any atom is -0.497 e. The minimum atomic E-state index is 0. The van der Waals surface area contributed by atoms with E-state index in [1.807, 2.05) is 12.1 Å². The van der Waals surface area contributed by atoms with E-state index >= 15 is 0 Å². The van der Waals surface area contributed by atoms with E-state index in [9.17, 15) is 0 Å². The van der Waals surface area contributed by atoms with E-state index in [2.05, 4.69) is 48.4 Å². The highest BCUT2D eigenvalue weighted by molar-refractivity contribution is 14.0. The van der Waals surface area contributed by atoms with E-state index in [1.54, 1.807) is 14.2 Å². The summed E-state index contributed by atoms with van der Waals surface area (Å²) in [5.74, 6) is 1.70. The van der Waals surface area contributed by atoms with E-state index in [4.69, 9.17) is 14.5 Å². The number of hydrogen-bond acceptors (Lipinski definition) is 4. The van der Waals surface area contributed by atoms with Gasteiger partial charge in [-0.25, -0.2) is 0 Å². The maximum Gasteiger partial charge on any atom is 0.191 e. The normalized spacial score (nSPS) is 12.5. The van der Waals surface area contributed by atoms with Crippen LogP contribution >= 0.6 is 24.0 Å².